The number of likely N-dealkylation sites (tertiary alicyclic amines) is 1. The number of carbonyl (C=O) groups is 1. The maximum absolute atomic E-state index is 12.2. The van der Waals surface area contributed by atoms with Crippen LogP contribution < -0.4 is 10.5 Å². The third kappa shape index (κ3) is 5.40. The number of hydrogen-bond acceptors (Lipinski definition) is 3. The molecule has 1 fully saturated rings. The molecule has 1 amide bonds. The second-order valence-corrected chi connectivity index (χ2v) is 6.85. The van der Waals surface area contributed by atoms with Gasteiger partial charge in [0.1, 0.15) is 5.75 Å². The van der Waals surface area contributed by atoms with Crippen LogP contribution in [0.25, 0.3) is 0 Å². The molecule has 0 radical (unpaired) electrons. The number of aryl methyl sites for hydroxylation is 1. The van der Waals surface area contributed by atoms with Crippen molar-refractivity contribution >= 4 is 17.5 Å². The Balaban J connectivity index is 1.66. The number of benzene rings is 1. The molecule has 1 heterocycles. The Labute approximate surface area is 143 Å². The molecule has 1 aliphatic rings. The van der Waals surface area contributed by atoms with Gasteiger partial charge in [-0.3, -0.25) is 4.79 Å². The van der Waals surface area contributed by atoms with Gasteiger partial charge in [-0.15, -0.1) is 0 Å². The normalized spacial score (nSPS) is 17.1. The third-order valence-corrected chi connectivity index (χ3v) is 4.99. The van der Waals surface area contributed by atoms with E-state index in [1.54, 1.807) is 0 Å². The Kier molecular flexibility index (Phi) is 6.72. The first-order chi connectivity index (χ1) is 11.0. The molecule has 0 aromatic heterocycles. The molecule has 5 heteroatoms. The average molecular weight is 339 g/mol. The number of nitrogens with two attached hydrogens (primary N) is 1. The average Bonchev–Trinajstić information content (AvgIpc) is 2.54. The van der Waals surface area contributed by atoms with Crippen LogP contribution in [0.2, 0.25) is 5.02 Å². The predicted molar refractivity (Wildman–Crippen MR) is 93.9 cm³/mol. The minimum Gasteiger partial charge on any atom is -0.494 e. The smallest absolute Gasteiger partial charge is 0.222 e. The molecule has 1 aromatic rings. The van der Waals surface area contributed by atoms with E-state index < -0.39 is 0 Å². The van der Waals surface area contributed by atoms with E-state index in [1.165, 1.54) is 0 Å². The molecule has 1 aliphatic heterocycles. The Hall–Kier alpha value is -1.26. The quantitative estimate of drug-likeness (QED) is 0.809. The van der Waals surface area contributed by atoms with Crippen molar-refractivity contribution < 1.29 is 9.53 Å². The number of piperidine rings is 1. The zero-order valence-electron chi connectivity index (χ0n) is 14.1. The van der Waals surface area contributed by atoms with Crippen LogP contribution in [0.15, 0.2) is 18.2 Å². The monoisotopic (exact) mass is 338 g/mol. The fourth-order valence-electron chi connectivity index (χ4n) is 2.95. The number of amides is 1. The van der Waals surface area contributed by atoms with Gasteiger partial charge in [-0.1, -0.05) is 11.6 Å². The van der Waals surface area contributed by atoms with Gasteiger partial charge in [0.05, 0.1) is 6.61 Å². The summed E-state index contributed by atoms with van der Waals surface area (Å²) in [5, 5.41) is 0.739. The van der Waals surface area contributed by atoms with Crippen LogP contribution in [0.1, 0.15) is 38.2 Å². The predicted octanol–water partition coefficient (Wildman–Crippen LogP) is 3.39. The van der Waals surface area contributed by atoms with Crippen molar-refractivity contribution in [2.75, 3.05) is 19.7 Å². The lowest BCUT2D eigenvalue weighted by Crippen LogP contribution is -2.42. The maximum atomic E-state index is 12.2. The van der Waals surface area contributed by atoms with E-state index in [0.717, 1.165) is 48.7 Å². The first-order valence-electron chi connectivity index (χ1n) is 8.39. The molecule has 2 rings (SSSR count). The Morgan fingerprint density at radius 1 is 1.43 bits per heavy atom. The summed E-state index contributed by atoms with van der Waals surface area (Å²) in [5.74, 6) is 1.58. The lowest BCUT2D eigenvalue weighted by atomic mass is 9.91. The molecule has 1 atom stereocenters. The second-order valence-electron chi connectivity index (χ2n) is 6.44. The lowest BCUT2D eigenvalue weighted by Gasteiger charge is -2.33. The number of halogens is 1. The highest BCUT2D eigenvalue weighted by atomic mass is 35.5. The minimum absolute atomic E-state index is 0.225. The summed E-state index contributed by atoms with van der Waals surface area (Å²) in [5.41, 5.74) is 6.93. The highest BCUT2D eigenvalue weighted by Gasteiger charge is 2.24. The van der Waals surface area contributed by atoms with Crippen LogP contribution in [0, 0.1) is 12.8 Å². The first kappa shape index (κ1) is 18.1. The summed E-state index contributed by atoms with van der Waals surface area (Å²) >= 11 is 5.99. The number of ether oxygens (including phenoxy) is 1. The van der Waals surface area contributed by atoms with E-state index in [2.05, 4.69) is 6.92 Å². The number of carbonyl (C=O) groups excluding carboxylic acids is 1. The molecule has 0 saturated carbocycles. The standard InChI is InChI=1S/C18H27ClN2O2/c1-13-12-16(5-6-17(13)19)23-11-3-4-18(22)21-9-7-15(8-10-21)14(2)20/h5-6,12,14-15H,3-4,7-11,20H2,1-2H3. The van der Waals surface area contributed by atoms with Crippen molar-refractivity contribution in [3.8, 4) is 5.75 Å². The van der Waals surface area contributed by atoms with E-state index in [1.807, 2.05) is 30.0 Å². The summed E-state index contributed by atoms with van der Waals surface area (Å²) in [6.07, 6.45) is 3.30. The van der Waals surface area contributed by atoms with Crippen molar-refractivity contribution in [1.82, 2.24) is 4.90 Å². The van der Waals surface area contributed by atoms with Crippen LogP contribution in [-0.2, 0) is 4.79 Å². The van der Waals surface area contributed by atoms with Crippen LogP contribution in [0.5, 0.6) is 5.75 Å². The Morgan fingerprint density at radius 3 is 2.74 bits per heavy atom. The molecule has 2 N–H and O–H groups in total. The molecule has 128 valence electrons. The molecule has 1 saturated heterocycles. The van der Waals surface area contributed by atoms with Gasteiger partial charge in [0.25, 0.3) is 0 Å². The topological polar surface area (TPSA) is 55.6 Å². The molecule has 0 spiro atoms. The van der Waals surface area contributed by atoms with E-state index in [9.17, 15) is 4.79 Å². The van der Waals surface area contributed by atoms with Crippen LogP contribution in [-0.4, -0.2) is 36.5 Å². The number of hydrogen-bond donors (Lipinski definition) is 1. The van der Waals surface area contributed by atoms with Gasteiger partial charge in [0, 0.05) is 30.6 Å². The van der Waals surface area contributed by atoms with Crippen molar-refractivity contribution in [3.63, 3.8) is 0 Å². The minimum atomic E-state index is 0.225. The molecule has 1 aromatic carbocycles. The van der Waals surface area contributed by atoms with Gasteiger partial charge >= 0.3 is 0 Å². The van der Waals surface area contributed by atoms with Crippen molar-refractivity contribution in [2.24, 2.45) is 11.7 Å². The first-order valence-corrected chi connectivity index (χ1v) is 8.77. The van der Waals surface area contributed by atoms with E-state index >= 15 is 0 Å². The highest BCUT2D eigenvalue weighted by molar-refractivity contribution is 6.31. The molecular formula is C18H27ClN2O2. The highest BCUT2D eigenvalue weighted by Crippen LogP contribution is 2.22. The van der Waals surface area contributed by atoms with Crippen molar-refractivity contribution in [3.05, 3.63) is 28.8 Å². The van der Waals surface area contributed by atoms with Gasteiger partial charge in [-0.05, 0) is 62.8 Å². The van der Waals surface area contributed by atoms with Gasteiger partial charge in [0.2, 0.25) is 5.91 Å². The van der Waals surface area contributed by atoms with E-state index in [4.69, 9.17) is 22.1 Å². The Bertz CT molecular complexity index is 526. The van der Waals surface area contributed by atoms with Gasteiger partial charge < -0.3 is 15.4 Å². The fraction of sp³-hybridized carbons (Fsp3) is 0.611. The molecule has 1 unspecified atom stereocenters. The van der Waals surface area contributed by atoms with Crippen LogP contribution >= 0.6 is 11.6 Å². The van der Waals surface area contributed by atoms with Crippen molar-refractivity contribution in [2.45, 2.75) is 45.6 Å². The molecule has 23 heavy (non-hydrogen) atoms. The summed E-state index contributed by atoms with van der Waals surface area (Å²) < 4.78 is 5.68. The van der Waals surface area contributed by atoms with Crippen LogP contribution in [0.3, 0.4) is 0 Å². The lowest BCUT2D eigenvalue weighted by molar-refractivity contribution is -0.132. The van der Waals surface area contributed by atoms with E-state index in [-0.39, 0.29) is 11.9 Å². The molecule has 0 bridgehead atoms. The molecule has 0 aliphatic carbocycles. The van der Waals surface area contributed by atoms with Crippen LogP contribution in [0.4, 0.5) is 0 Å². The maximum Gasteiger partial charge on any atom is 0.222 e. The number of nitrogens with zero attached hydrogens (tertiary/aromatic N) is 1. The van der Waals surface area contributed by atoms with Gasteiger partial charge in [-0.2, -0.15) is 0 Å². The summed E-state index contributed by atoms with van der Waals surface area (Å²) in [6.45, 7) is 6.22. The zero-order valence-corrected chi connectivity index (χ0v) is 14.8. The van der Waals surface area contributed by atoms with Crippen molar-refractivity contribution in [1.29, 1.82) is 0 Å². The molecule has 4 nitrogen and oxygen atoms in total. The fourth-order valence-corrected chi connectivity index (χ4v) is 3.07. The zero-order chi connectivity index (χ0) is 16.8. The third-order valence-electron chi connectivity index (χ3n) is 4.57. The largest absolute Gasteiger partial charge is 0.494 e. The molecular weight excluding hydrogens is 312 g/mol. The van der Waals surface area contributed by atoms with Gasteiger partial charge in [-0.25, -0.2) is 0 Å². The van der Waals surface area contributed by atoms with E-state index in [0.29, 0.717) is 18.9 Å². The second kappa shape index (κ2) is 8.55. The number of rotatable bonds is 6. The summed E-state index contributed by atoms with van der Waals surface area (Å²) in [7, 11) is 0. The Morgan fingerprint density at radius 2 is 2.13 bits per heavy atom. The summed E-state index contributed by atoms with van der Waals surface area (Å²) in [6, 6.07) is 5.84. The van der Waals surface area contributed by atoms with Gasteiger partial charge in [0.15, 0.2) is 0 Å². The SMILES string of the molecule is Cc1cc(OCCCC(=O)N2CCC(C(C)N)CC2)ccc1Cl. The summed E-state index contributed by atoms with van der Waals surface area (Å²) in [4.78, 5) is 14.2.